The van der Waals surface area contributed by atoms with Gasteiger partial charge in [-0.3, -0.25) is 0 Å². The van der Waals surface area contributed by atoms with Gasteiger partial charge in [0.05, 0.1) is 11.4 Å². The van der Waals surface area contributed by atoms with Crippen molar-refractivity contribution in [1.82, 2.24) is 10.1 Å². The second-order valence-electron chi connectivity index (χ2n) is 4.95. The minimum atomic E-state index is -0.470. The second kappa shape index (κ2) is 6.29. The third-order valence-corrected chi connectivity index (χ3v) is 4.28. The van der Waals surface area contributed by atoms with E-state index in [1.165, 1.54) is 23.5 Å². The molecule has 7 heteroatoms. The highest BCUT2D eigenvalue weighted by molar-refractivity contribution is 7.17. The normalized spacial score (nSPS) is 10.7. The van der Waals surface area contributed by atoms with Crippen molar-refractivity contribution >= 4 is 17.3 Å². The highest BCUT2D eigenvalue weighted by atomic mass is 32.1. The number of thiazole rings is 1. The maximum atomic E-state index is 13.0. The number of hydrogen-bond acceptors (Lipinski definition) is 6. The number of ether oxygens (including phenoxy) is 1. The van der Waals surface area contributed by atoms with Gasteiger partial charge in [-0.1, -0.05) is 5.16 Å². The van der Waals surface area contributed by atoms with Gasteiger partial charge in [0.25, 0.3) is 0 Å². The monoisotopic (exact) mass is 332 g/mol. The maximum Gasteiger partial charge on any atom is 0.350 e. The van der Waals surface area contributed by atoms with E-state index < -0.39 is 5.97 Å². The van der Waals surface area contributed by atoms with Crippen molar-refractivity contribution < 1.29 is 18.4 Å². The zero-order valence-electron chi connectivity index (χ0n) is 12.5. The van der Waals surface area contributed by atoms with Crippen molar-refractivity contribution in [2.24, 2.45) is 0 Å². The van der Waals surface area contributed by atoms with E-state index in [0.29, 0.717) is 21.3 Å². The van der Waals surface area contributed by atoms with Crippen molar-refractivity contribution in [3.05, 3.63) is 58.2 Å². The smallest absolute Gasteiger partial charge is 0.350 e. The van der Waals surface area contributed by atoms with Gasteiger partial charge in [0.15, 0.2) is 12.4 Å². The number of esters is 1. The Labute approximate surface area is 135 Å². The molecule has 23 heavy (non-hydrogen) atoms. The molecule has 0 aliphatic heterocycles. The van der Waals surface area contributed by atoms with Crippen LogP contribution < -0.4 is 0 Å². The first-order chi connectivity index (χ1) is 11.0. The predicted molar refractivity (Wildman–Crippen MR) is 82.6 cm³/mol. The molecule has 0 aliphatic carbocycles. The molecule has 2 aromatic heterocycles. The summed E-state index contributed by atoms with van der Waals surface area (Å²) in [5.41, 5.74) is 2.06. The molecule has 1 aromatic carbocycles. The largest absolute Gasteiger partial charge is 0.453 e. The molecule has 0 N–H and O–H groups in total. The molecule has 0 bridgehead atoms. The highest BCUT2D eigenvalue weighted by Crippen LogP contribution is 2.28. The average Bonchev–Trinajstić information content (AvgIpc) is 3.11. The summed E-state index contributed by atoms with van der Waals surface area (Å²) in [5, 5.41) is 4.37. The standard InChI is InChI=1S/C16H13FN2O3S/c1-9-7-13(22-19-9)8-21-16(20)14-10(2)18-15(23-14)11-3-5-12(17)6-4-11/h3-7H,8H2,1-2H3. The van der Waals surface area contributed by atoms with E-state index in [2.05, 4.69) is 10.1 Å². The Bertz CT molecular complexity index is 839. The molecule has 0 amide bonds. The molecule has 2 heterocycles. The quantitative estimate of drug-likeness (QED) is 0.678. The van der Waals surface area contributed by atoms with Crippen LogP contribution in [0.15, 0.2) is 34.9 Å². The van der Waals surface area contributed by atoms with Crippen molar-refractivity contribution in [3.8, 4) is 10.6 Å². The molecule has 118 valence electrons. The third kappa shape index (κ3) is 3.45. The van der Waals surface area contributed by atoms with Crippen LogP contribution in [-0.2, 0) is 11.3 Å². The Morgan fingerprint density at radius 1 is 1.30 bits per heavy atom. The predicted octanol–water partition coefficient (Wildman–Crippen LogP) is 3.91. The lowest BCUT2D eigenvalue weighted by Gasteiger charge is -2.00. The molecular weight excluding hydrogens is 319 g/mol. The molecule has 0 radical (unpaired) electrons. The summed E-state index contributed by atoms with van der Waals surface area (Å²) in [5.74, 6) is -0.303. The van der Waals surface area contributed by atoms with Crippen molar-refractivity contribution in [1.29, 1.82) is 0 Å². The number of aryl methyl sites for hydroxylation is 2. The van der Waals surface area contributed by atoms with E-state index in [1.54, 1.807) is 32.0 Å². The first kappa shape index (κ1) is 15.4. The number of rotatable bonds is 4. The summed E-state index contributed by atoms with van der Waals surface area (Å²) in [6.07, 6.45) is 0. The Hall–Kier alpha value is -2.54. The van der Waals surface area contributed by atoms with Crippen LogP contribution >= 0.6 is 11.3 Å². The van der Waals surface area contributed by atoms with Crippen LogP contribution in [0.1, 0.15) is 26.8 Å². The van der Waals surface area contributed by atoms with Gasteiger partial charge in [-0.15, -0.1) is 11.3 Å². The molecule has 0 saturated carbocycles. The van der Waals surface area contributed by atoms with E-state index in [1.807, 2.05) is 0 Å². The fourth-order valence-electron chi connectivity index (χ4n) is 1.99. The molecule has 0 saturated heterocycles. The summed E-state index contributed by atoms with van der Waals surface area (Å²) in [6, 6.07) is 7.67. The Kier molecular flexibility index (Phi) is 4.20. The van der Waals surface area contributed by atoms with Gasteiger partial charge in [-0.25, -0.2) is 14.2 Å². The summed E-state index contributed by atoms with van der Waals surface area (Å²) < 4.78 is 23.2. The van der Waals surface area contributed by atoms with Gasteiger partial charge < -0.3 is 9.26 Å². The maximum absolute atomic E-state index is 13.0. The van der Waals surface area contributed by atoms with Crippen LogP contribution in [0.3, 0.4) is 0 Å². The summed E-state index contributed by atoms with van der Waals surface area (Å²) in [4.78, 5) is 16.9. The third-order valence-electron chi connectivity index (χ3n) is 3.10. The van der Waals surface area contributed by atoms with E-state index >= 15 is 0 Å². The SMILES string of the molecule is Cc1cc(COC(=O)c2sc(-c3ccc(F)cc3)nc2C)on1. The average molecular weight is 332 g/mol. The highest BCUT2D eigenvalue weighted by Gasteiger charge is 2.18. The molecule has 0 aliphatic rings. The number of carbonyl (C=O) groups excluding carboxylic acids is 1. The summed E-state index contributed by atoms with van der Waals surface area (Å²) >= 11 is 1.21. The molecule has 3 aromatic rings. The molecule has 0 atom stereocenters. The van der Waals surface area contributed by atoms with Crippen molar-refractivity contribution in [3.63, 3.8) is 0 Å². The van der Waals surface area contributed by atoms with Gasteiger partial charge >= 0.3 is 5.97 Å². The number of aromatic nitrogens is 2. The van der Waals surface area contributed by atoms with Crippen LogP contribution in [0.5, 0.6) is 0 Å². The Morgan fingerprint density at radius 3 is 2.70 bits per heavy atom. The van der Waals surface area contributed by atoms with Crippen molar-refractivity contribution in [2.45, 2.75) is 20.5 Å². The molecular formula is C16H13FN2O3S. The second-order valence-corrected chi connectivity index (χ2v) is 5.95. The fraction of sp³-hybridized carbons (Fsp3) is 0.188. The topological polar surface area (TPSA) is 65.2 Å². The Morgan fingerprint density at radius 2 is 2.04 bits per heavy atom. The van der Waals surface area contributed by atoms with E-state index in [4.69, 9.17) is 9.26 Å². The summed E-state index contributed by atoms with van der Waals surface area (Å²) in [6.45, 7) is 3.54. The molecule has 3 rings (SSSR count). The molecule has 0 unspecified atom stereocenters. The van der Waals surface area contributed by atoms with Gasteiger partial charge in [0, 0.05) is 11.6 Å². The van der Waals surface area contributed by atoms with Crippen LogP contribution in [0.25, 0.3) is 10.6 Å². The van der Waals surface area contributed by atoms with Crippen molar-refractivity contribution in [2.75, 3.05) is 0 Å². The first-order valence-electron chi connectivity index (χ1n) is 6.85. The van der Waals surface area contributed by atoms with Crippen LogP contribution in [0.2, 0.25) is 0 Å². The van der Waals surface area contributed by atoms with Crippen LogP contribution in [0.4, 0.5) is 4.39 Å². The molecule has 0 fully saturated rings. The number of nitrogens with zero attached hydrogens (tertiary/aromatic N) is 2. The number of carbonyl (C=O) groups is 1. The zero-order valence-corrected chi connectivity index (χ0v) is 13.3. The minimum Gasteiger partial charge on any atom is -0.453 e. The van der Waals surface area contributed by atoms with E-state index in [-0.39, 0.29) is 12.4 Å². The van der Waals surface area contributed by atoms with Crippen LogP contribution in [0, 0.1) is 19.7 Å². The molecule has 0 spiro atoms. The van der Waals surface area contributed by atoms with Gasteiger partial charge in [-0.05, 0) is 38.1 Å². The number of halogens is 1. The van der Waals surface area contributed by atoms with E-state index in [0.717, 1.165) is 11.3 Å². The minimum absolute atomic E-state index is 0.0168. The fourth-order valence-corrected chi connectivity index (χ4v) is 2.95. The molecule has 5 nitrogen and oxygen atoms in total. The lowest BCUT2D eigenvalue weighted by molar-refractivity contribution is 0.0442. The lowest BCUT2D eigenvalue weighted by Crippen LogP contribution is -2.04. The summed E-state index contributed by atoms with van der Waals surface area (Å²) in [7, 11) is 0. The van der Waals surface area contributed by atoms with Gasteiger partial charge in [0.2, 0.25) is 0 Å². The van der Waals surface area contributed by atoms with E-state index in [9.17, 15) is 9.18 Å². The number of hydrogen-bond donors (Lipinski definition) is 0. The Balaban J connectivity index is 1.74. The van der Waals surface area contributed by atoms with Crippen LogP contribution in [-0.4, -0.2) is 16.1 Å². The van der Waals surface area contributed by atoms with Gasteiger partial charge in [0.1, 0.15) is 15.7 Å². The zero-order chi connectivity index (χ0) is 16.4. The van der Waals surface area contributed by atoms with Gasteiger partial charge in [-0.2, -0.15) is 0 Å². The lowest BCUT2D eigenvalue weighted by atomic mass is 10.2. The number of benzene rings is 1. The first-order valence-corrected chi connectivity index (χ1v) is 7.67.